The molecule has 2 aromatic carbocycles. The topological polar surface area (TPSA) is 41.6 Å². The minimum absolute atomic E-state index is 0.0110. The summed E-state index contributed by atoms with van der Waals surface area (Å²) in [6.07, 6.45) is 1.58. The average Bonchev–Trinajstić information content (AvgIpc) is 2.68. The summed E-state index contributed by atoms with van der Waals surface area (Å²) in [5, 5.41) is 0. The largest absolute Gasteiger partial charge is 0.444 e. The van der Waals surface area contributed by atoms with Crippen LogP contribution in [0.4, 0.5) is 22.4 Å². The van der Waals surface area contributed by atoms with Crippen LogP contribution in [0.1, 0.15) is 39.2 Å². The highest BCUT2D eigenvalue weighted by molar-refractivity contribution is 7.96. The molecule has 1 aliphatic carbocycles. The molecule has 0 unspecified atom stereocenters. The number of nitrogens with one attached hydrogen (secondary N) is 1. The third-order valence-electron chi connectivity index (χ3n) is 6.37. The van der Waals surface area contributed by atoms with Gasteiger partial charge in [-0.3, -0.25) is 9.62 Å². The van der Waals surface area contributed by atoms with E-state index in [1.165, 1.54) is 22.9 Å². The Labute approximate surface area is 201 Å². The van der Waals surface area contributed by atoms with Crippen LogP contribution in [0, 0.1) is 17.5 Å². The monoisotopic (exact) mass is 496 g/mol. The van der Waals surface area contributed by atoms with E-state index >= 15 is 8.78 Å². The van der Waals surface area contributed by atoms with Gasteiger partial charge in [0.1, 0.15) is 28.7 Å². The second kappa shape index (κ2) is 9.07. The molecule has 1 N–H and O–H groups in total. The third-order valence-corrected chi connectivity index (χ3v) is 6.86. The van der Waals surface area contributed by atoms with E-state index in [0.29, 0.717) is 0 Å². The molecule has 1 saturated carbocycles. The highest BCUT2D eigenvalue weighted by atomic mass is 32.2. The maximum atomic E-state index is 15.6. The van der Waals surface area contributed by atoms with Crippen molar-refractivity contribution in [3.05, 3.63) is 59.4 Å². The number of alkyl halides is 1. The number of carbonyl (C=O) groups is 1. The summed E-state index contributed by atoms with van der Waals surface area (Å²) in [5.41, 5.74) is -1.95. The predicted octanol–water partition coefficient (Wildman–Crippen LogP) is 6.04. The van der Waals surface area contributed by atoms with Crippen LogP contribution in [0.2, 0.25) is 0 Å². The van der Waals surface area contributed by atoms with Crippen molar-refractivity contribution >= 4 is 18.0 Å². The van der Waals surface area contributed by atoms with E-state index in [4.69, 9.17) is 4.74 Å². The number of amides is 1. The van der Waals surface area contributed by atoms with Gasteiger partial charge in [0.2, 0.25) is 0 Å². The van der Waals surface area contributed by atoms with Crippen LogP contribution in [0.5, 0.6) is 0 Å². The van der Waals surface area contributed by atoms with E-state index in [2.05, 4.69) is 4.72 Å². The van der Waals surface area contributed by atoms with Gasteiger partial charge in [-0.2, -0.15) is 0 Å². The molecule has 0 radical (unpaired) electrons. The fraction of sp³-hybridized carbons (Fsp3) is 0.480. The van der Waals surface area contributed by atoms with Gasteiger partial charge < -0.3 is 4.74 Å². The first-order valence-corrected chi connectivity index (χ1v) is 12.4. The maximum Gasteiger partial charge on any atom is 0.410 e. The molecule has 1 amide bonds. The molecule has 2 bridgehead atoms. The lowest BCUT2D eigenvalue weighted by molar-refractivity contribution is -0.130. The molecular formula is C25H28F4N2O2S. The second-order valence-electron chi connectivity index (χ2n) is 9.99. The molecule has 2 saturated heterocycles. The Hall–Kier alpha value is -2.26. The number of rotatable bonds is 5. The zero-order valence-corrected chi connectivity index (χ0v) is 20.3. The van der Waals surface area contributed by atoms with E-state index < -0.39 is 46.9 Å². The van der Waals surface area contributed by atoms with Gasteiger partial charge in [-0.05, 0) is 56.7 Å². The first kappa shape index (κ1) is 24.9. The van der Waals surface area contributed by atoms with Crippen LogP contribution in [-0.4, -0.2) is 46.6 Å². The Morgan fingerprint density at radius 3 is 2.41 bits per heavy atom. The number of piperidine rings is 2. The van der Waals surface area contributed by atoms with Crippen molar-refractivity contribution in [2.24, 2.45) is 0 Å². The van der Waals surface area contributed by atoms with Gasteiger partial charge in [-0.15, -0.1) is 0 Å². The molecule has 34 heavy (non-hydrogen) atoms. The molecule has 4 nitrogen and oxygen atoms in total. The predicted molar refractivity (Wildman–Crippen MR) is 125 cm³/mol. The van der Waals surface area contributed by atoms with Gasteiger partial charge in [0.25, 0.3) is 0 Å². The normalized spacial score (nSPS) is 26.2. The van der Waals surface area contributed by atoms with Crippen LogP contribution in [-0.2, 0) is 11.2 Å². The molecule has 3 fully saturated rings. The molecule has 2 heterocycles. The van der Waals surface area contributed by atoms with Gasteiger partial charge in [0, 0.05) is 30.5 Å². The number of nitrogens with zero attached hydrogens (tertiary/aromatic N) is 1. The number of hydrogen-bond acceptors (Lipinski definition) is 4. The van der Waals surface area contributed by atoms with Crippen molar-refractivity contribution in [1.29, 1.82) is 0 Å². The van der Waals surface area contributed by atoms with Crippen molar-refractivity contribution in [1.82, 2.24) is 9.62 Å². The standard InChI is InChI=1S/C25H28F4N2O2S/c1-24(2,3)33-23(32)31-18-12-25(29,13-18)22(30-34-4)20(31)10-14-6-5-7-19(21(14)28)15-8-16(26)11-17(27)9-15/h5-9,11,18,20,22,30H,10,12-13H2,1-4H3/t18?,20-,22+,25?/m0/s1. The number of carbonyl (C=O) groups excluding carboxylic acids is 1. The molecule has 0 spiro atoms. The fourth-order valence-corrected chi connectivity index (χ4v) is 5.59. The van der Waals surface area contributed by atoms with E-state index in [1.54, 1.807) is 39.2 Å². The Balaban J connectivity index is 1.71. The molecule has 2 atom stereocenters. The van der Waals surface area contributed by atoms with Crippen molar-refractivity contribution in [3.8, 4) is 11.1 Å². The highest BCUT2D eigenvalue weighted by Crippen LogP contribution is 2.50. The van der Waals surface area contributed by atoms with E-state index in [-0.39, 0.29) is 42.0 Å². The Morgan fingerprint density at radius 2 is 1.82 bits per heavy atom. The average molecular weight is 497 g/mol. The lowest BCUT2D eigenvalue weighted by Gasteiger charge is -2.60. The van der Waals surface area contributed by atoms with Gasteiger partial charge in [0.05, 0.1) is 12.1 Å². The molecule has 3 aliphatic rings. The van der Waals surface area contributed by atoms with E-state index in [9.17, 15) is 13.6 Å². The van der Waals surface area contributed by atoms with Crippen LogP contribution in [0.25, 0.3) is 11.1 Å². The van der Waals surface area contributed by atoms with Gasteiger partial charge >= 0.3 is 6.09 Å². The van der Waals surface area contributed by atoms with Crippen molar-refractivity contribution in [2.45, 2.75) is 69.4 Å². The molecule has 0 aromatic heterocycles. The summed E-state index contributed by atoms with van der Waals surface area (Å²) in [4.78, 5) is 14.7. The Bertz CT molecular complexity index is 1060. The SMILES string of the molecule is CSN[C@@H]1[C@H](Cc2cccc(-c3cc(F)cc(F)c3)c2F)N(C(=O)OC(C)(C)C)C2CC1(F)C2. The molecule has 9 heteroatoms. The Morgan fingerprint density at radius 1 is 1.18 bits per heavy atom. The Kier molecular flexibility index (Phi) is 6.63. The number of benzene rings is 2. The van der Waals surface area contributed by atoms with Gasteiger partial charge in [-0.1, -0.05) is 30.1 Å². The summed E-state index contributed by atoms with van der Waals surface area (Å²) in [6.45, 7) is 5.26. The lowest BCUT2D eigenvalue weighted by Crippen LogP contribution is -2.76. The number of ether oxygens (including phenoxy) is 1. The zero-order valence-electron chi connectivity index (χ0n) is 19.5. The molecule has 5 rings (SSSR count). The molecule has 2 aliphatic heterocycles. The quantitative estimate of drug-likeness (QED) is 0.405. The van der Waals surface area contributed by atoms with E-state index in [0.717, 1.165) is 18.2 Å². The van der Waals surface area contributed by atoms with Crippen molar-refractivity contribution in [3.63, 3.8) is 0 Å². The van der Waals surface area contributed by atoms with Crippen molar-refractivity contribution in [2.75, 3.05) is 6.26 Å². The third kappa shape index (κ3) is 4.77. The number of halogens is 4. The summed E-state index contributed by atoms with van der Waals surface area (Å²) >= 11 is 1.24. The number of hydrogen-bond donors (Lipinski definition) is 1. The molecular weight excluding hydrogens is 468 g/mol. The molecule has 2 aromatic rings. The summed E-state index contributed by atoms with van der Waals surface area (Å²) in [7, 11) is 0. The lowest BCUT2D eigenvalue weighted by atomic mass is 9.64. The minimum atomic E-state index is -1.52. The summed E-state index contributed by atoms with van der Waals surface area (Å²) < 4.78 is 67.4. The molecule has 184 valence electrons. The summed E-state index contributed by atoms with van der Waals surface area (Å²) in [6, 6.07) is 5.61. The maximum absolute atomic E-state index is 15.6. The van der Waals surface area contributed by atoms with E-state index in [1.807, 2.05) is 0 Å². The highest BCUT2D eigenvalue weighted by Gasteiger charge is 2.63. The van der Waals surface area contributed by atoms with Crippen LogP contribution in [0.15, 0.2) is 36.4 Å². The van der Waals surface area contributed by atoms with Crippen LogP contribution < -0.4 is 4.72 Å². The van der Waals surface area contributed by atoms with Gasteiger partial charge in [0.15, 0.2) is 0 Å². The van der Waals surface area contributed by atoms with Crippen molar-refractivity contribution < 1.29 is 27.1 Å². The number of fused-ring (bicyclic) bond motifs is 2. The van der Waals surface area contributed by atoms with Gasteiger partial charge in [-0.25, -0.2) is 22.4 Å². The van der Waals surface area contributed by atoms with Crippen LogP contribution in [0.3, 0.4) is 0 Å². The van der Waals surface area contributed by atoms with Crippen LogP contribution >= 0.6 is 11.9 Å². The smallest absolute Gasteiger partial charge is 0.410 e. The fourth-order valence-electron chi connectivity index (χ4n) is 4.97. The zero-order chi connectivity index (χ0) is 24.8. The first-order chi connectivity index (χ1) is 15.9. The summed E-state index contributed by atoms with van der Waals surface area (Å²) in [5.74, 6) is -2.29. The first-order valence-electron chi connectivity index (χ1n) is 11.1. The second-order valence-corrected chi connectivity index (χ2v) is 10.6. The minimum Gasteiger partial charge on any atom is -0.444 e.